The Labute approximate surface area is 155 Å². The Bertz CT molecular complexity index is 1060. The minimum Gasteiger partial charge on any atom is -0.357 e. The molecule has 0 atom stereocenters. The van der Waals surface area contributed by atoms with Crippen molar-refractivity contribution in [2.45, 2.75) is 0 Å². The number of nitrogens with one attached hydrogen (secondary N) is 1. The van der Waals surface area contributed by atoms with Gasteiger partial charge in [0.05, 0.1) is 29.7 Å². The molecule has 1 fully saturated rings. The third-order valence-corrected chi connectivity index (χ3v) is 5.06. The maximum absolute atomic E-state index is 12.7. The first-order valence-corrected chi connectivity index (χ1v) is 8.80. The molecule has 1 saturated heterocycles. The van der Waals surface area contributed by atoms with Crippen LogP contribution in [0.5, 0.6) is 0 Å². The first kappa shape index (κ1) is 17.0. The predicted molar refractivity (Wildman–Crippen MR) is 103 cm³/mol. The fourth-order valence-corrected chi connectivity index (χ4v) is 3.70. The highest BCUT2D eigenvalue weighted by atomic mass is 16.6. The number of pyridine rings is 2. The Morgan fingerprint density at radius 3 is 2.33 bits per heavy atom. The molecule has 8 heteroatoms. The number of rotatable bonds is 3. The van der Waals surface area contributed by atoms with Crippen LogP contribution in [0.15, 0.2) is 53.5 Å². The summed E-state index contributed by atoms with van der Waals surface area (Å²) in [6, 6.07) is 13.2. The summed E-state index contributed by atoms with van der Waals surface area (Å²) in [4.78, 5) is 31.2. The second-order valence-corrected chi connectivity index (χ2v) is 6.56. The van der Waals surface area contributed by atoms with Crippen molar-refractivity contribution in [2.75, 3.05) is 36.0 Å². The van der Waals surface area contributed by atoms with Crippen molar-refractivity contribution in [3.8, 4) is 0 Å². The summed E-state index contributed by atoms with van der Waals surface area (Å²) < 4.78 is 1.35. The highest BCUT2D eigenvalue weighted by Gasteiger charge is 2.32. The number of hydrogen-bond acceptors (Lipinski definition) is 5. The van der Waals surface area contributed by atoms with Gasteiger partial charge in [0.25, 0.3) is 5.82 Å². The number of aromatic amines is 1. The zero-order chi connectivity index (χ0) is 19.0. The maximum Gasteiger partial charge on any atom is 0.357 e. The number of fused-ring (bicyclic) bond motifs is 1. The maximum atomic E-state index is 12.7. The zero-order valence-corrected chi connectivity index (χ0v) is 15.0. The number of anilines is 2. The van der Waals surface area contributed by atoms with E-state index in [4.69, 9.17) is 0 Å². The van der Waals surface area contributed by atoms with Crippen molar-refractivity contribution in [1.29, 1.82) is 0 Å². The van der Waals surface area contributed by atoms with E-state index in [-0.39, 0.29) is 5.69 Å². The summed E-state index contributed by atoms with van der Waals surface area (Å²) in [5.41, 5.74) is 0.195. The number of aromatic nitrogens is 2. The predicted octanol–water partition coefficient (Wildman–Crippen LogP) is 1.59. The normalized spacial score (nSPS) is 14.6. The standard InChI is InChI=1S/C19H19N5O3/c1-21-15-7-3-2-6-14(15)17(18(19(21)25)24(26)27)23-12-10-22(11-13-23)16-8-4-5-9-20-16/h2-9H,10-13H2,1H3/p+1. The van der Waals surface area contributed by atoms with Crippen LogP contribution < -0.4 is 20.3 Å². The van der Waals surface area contributed by atoms with E-state index < -0.39 is 10.5 Å². The molecule has 0 radical (unpaired) electrons. The fourth-order valence-electron chi connectivity index (χ4n) is 3.70. The number of hydrogen-bond donors (Lipinski definition) is 0. The average molecular weight is 366 g/mol. The largest absolute Gasteiger partial charge is 0.357 e. The lowest BCUT2D eigenvalue weighted by atomic mass is 10.1. The molecule has 138 valence electrons. The first-order valence-electron chi connectivity index (χ1n) is 8.80. The Hall–Kier alpha value is -3.42. The van der Waals surface area contributed by atoms with Crippen molar-refractivity contribution in [2.24, 2.45) is 7.05 Å². The van der Waals surface area contributed by atoms with Crippen molar-refractivity contribution in [1.82, 2.24) is 4.57 Å². The van der Waals surface area contributed by atoms with Gasteiger partial charge in [0.1, 0.15) is 18.8 Å². The third-order valence-electron chi connectivity index (χ3n) is 5.06. The van der Waals surface area contributed by atoms with Crippen molar-refractivity contribution in [3.05, 3.63) is 69.1 Å². The van der Waals surface area contributed by atoms with Gasteiger partial charge in [0.15, 0.2) is 0 Å². The van der Waals surface area contributed by atoms with Crippen LogP contribution in [0.4, 0.5) is 17.2 Å². The molecule has 8 nitrogen and oxygen atoms in total. The summed E-state index contributed by atoms with van der Waals surface area (Å²) in [6.07, 6.45) is 1.88. The topological polar surface area (TPSA) is 85.8 Å². The molecule has 0 aliphatic carbocycles. The van der Waals surface area contributed by atoms with E-state index in [1.165, 1.54) is 4.57 Å². The molecule has 1 N–H and O–H groups in total. The van der Waals surface area contributed by atoms with Gasteiger partial charge in [-0.15, -0.1) is 0 Å². The molecule has 2 aromatic heterocycles. The quantitative estimate of drug-likeness (QED) is 0.519. The summed E-state index contributed by atoms with van der Waals surface area (Å²) in [7, 11) is 1.57. The molecule has 0 spiro atoms. The number of aryl methyl sites for hydroxylation is 1. The molecular weight excluding hydrogens is 346 g/mol. The molecule has 0 unspecified atom stereocenters. The summed E-state index contributed by atoms with van der Waals surface area (Å²) in [5, 5.41) is 12.4. The Morgan fingerprint density at radius 1 is 1.00 bits per heavy atom. The van der Waals surface area contributed by atoms with Crippen LogP contribution in [-0.4, -0.2) is 35.7 Å². The molecule has 0 amide bonds. The van der Waals surface area contributed by atoms with Gasteiger partial charge in [-0.05, 0) is 12.1 Å². The Kier molecular flexibility index (Phi) is 4.23. The van der Waals surface area contributed by atoms with E-state index in [0.717, 1.165) is 11.2 Å². The number of para-hydroxylation sites is 1. The lowest BCUT2D eigenvalue weighted by Crippen LogP contribution is -2.48. The zero-order valence-electron chi connectivity index (χ0n) is 15.0. The van der Waals surface area contributed by atoms with Gasteiger partial charge < -0.3 is 9.47 Å². The van der Waals surface area contributed by atoms with Crippen molar-refractivity contribution in [3.63, 3.8) is 0 Å². The summed E-state index contributed by atoms with van der Waals surface area (Å²) in [6.45, 7) is 2.61. The average Bonchev–Trinajstić information content (AvgIpc) is 2.71. The van der Waals surface area contributed by atoms with E-state index in [0.29, 0.717) is 37.4 Å². The molecule has 27 heavy (non-hydrogen) atoms. The molecule has 3 heterocycles. The van der Waals surface area contributed by atoms with E-state index in [1.54, 1.807) is 7.05 Å². The Balaban J connectivity index is 1.76. The molecule has 3 aromatic rings. The lowest BCUT2D eigenvalue weighted by Gasteiger charge is -2.32. The number of nitro groups is 1. The number of benzene rings is 1. The molecule has 1 aliphatic heterocycles. The second kappa shape index (κ2) is 6.71. The van der Waals surface area contributed by atoms with Crippen LogP contribution in [0.2, 0.25) is 0 Å². The number of H-pyrrole nitrogens is 1. The summed E-state index contributed by atoms with van der Waals surface area (Å²) >= 11 is 0. The minimum absolute atomic E-state index is 0.351. The molecular formula is C19H20N5O3+. The molecule has 4 rings (SSSR count). The van der Waals surface area contributed by atoms with Crippen molar-refractivity contribution < 1.29 is 9.91 Å². The van der Waals surface area contributed by atoms with Gasteiger partial charge in [-0.3, -0.25) is 19.8 Å². The number of piperazine rings is 1. The number of nitrogens with zero attached hydrogens (tertiary/aromatic N) is 4. The van der Waals surface area contributed by atoms with Crippen LogP contribution in [-0.2, 0) is 7.05 Å². The van der Waals surface area contributed by atoms with Gasteiger partial charge in [-0.2, -0.15) is 0 Å². The van der Waals surface area contributed by atoms with Gasteiger partial charge in [-0.25, -0.2) is 4.98 Å². The smallest absolute Gasteiger partial charge is 0.357 e. The van der Waals surface area contributed by atoms with E-state index in [9.17, 15) is 14.9 Å². The van der Waals surface area contributed by atoms with Crippen molar-refractivity contribution >= 4 is 28.1 Å². The van der Waals surface area contributed by atoms with E-state index in [2.05, 4.69) is 9.88 Å². The van der Waals surface area contributed by atoms with E-state index in [1.807, 2.05) is 53.6 Å². The van der Waals surface area contributed by atoms with Gasteiger partial charge in [0, 0.05) is 18.5 Å². The second-order valence-electron chi connectivity index (χ2n) is 6.56. The highest BCUT2D eigenvalue weighted by Crippen LogP contribution is 2.34. The molecule has 1 aromatic carbocycles. The van der Waals surface area contributed by atoms with Gasteiger partial charge in [0.2, 0.25) is 0 Å². The van der Waals surface area contributed by atoms with Gasteiger partial charge >= 0.3 is 11.2 Å². The van der Waals surface area contributed by atoms with Crippen LogP contribution in [0.1, 0.15) is 0 Å². The monoisotopic (exact) mass is 366 g/mol. The van der Waals surface area contributed by atoms with Crippen LogP contribution in [0.25, 0.3) is 10.9 Å². The van der Waals surface area contributed by atoms with Crippen LogP contribution in [0, 0.1) is 10.1 Å². The highest BCUT2D eigenvalue weighted by molar-refractivity contribution is 5.96. The third kappa shape index (κ3) is 2.88. The first-order chi connectivity index (χ1) is 13.1. The van der Waals surface area contributed by atoms with Crippen LogP contribution >= 0.6 is 0 Å². The molecule has 0 bridgehead atoms. The minimum atomic E-state index is -0.576. The van der Waals surface area contributed by atoms with Crippen LogP contribution in [0.3, 0.4) is 0 Å². The molecule has 1 aliphatic rings. The Morgan fingerprint density at radius 2 is 1.67 bits per heavy atom. The SMILES string of the molecule is Cn1c(=O)c([N+](=O)[O-])c(N2CCN(c3cccc[nH+]3)CC2)c2ccccc21. The molecule has 0 saturated carbocycles. The fraction of sp³-hybridized carbons (Fsp3) is 0.263. The van der Waals surface area contributed by atoms with E-state index >= 15 is 0 Å². The lowest BCUT2D eigenvalue weighted by molar-refractivity contribution is -0.385. The van der Waals surface area contributed by atoms with Gasteiger partial charge in [-0.1, -0.05) is 24.3 Å². The summed E-state index contributed by atoms with van der Waals surface area (Å²) in [5.74, 6) is 1.01.